The minimum absolute atomic E-state index is 0.0603. The molecule has 0 saturated carbocycles. The summed E-state index contributed by atoms with van der Waals surface area (Å²) in [6.45, 7) is 0. The minimum atomic E-state index is -4.67. The predicted octanol–water partition coefficient (Wildman–Crippen LogP) is 3.36. The van der Waals surface area contributed by atoms with Crippen LogP contribution in [0.25, 0.3) is 10.9 Å². The van der Waals surface area contributed by atoms with Crippen molar-refractivity contribution in [1.29, 1.82) is 0 Å². The lowest BCUT2D eigenvalue weighted by atomic mass is 10.1. The average Bonchev–Trinajstić information content (AvgIpc) is 2.43. The number of nitrogens with zero attached hydrogens (tertiary/aromatic N) is 2. The van der Waals surface area contributed by atoms with Gasteiger partial charge in [-0.25, -0.2) is 9.78 Å². The van der Waals surface area contributed by atoms with Crippen LogP contribution in [0.3, 0.4) is 0 Å². The summed E-state index contributed by atoms with van der Waals surface area (Å²) in [7, 11) is 1.15. The first-order valence-electron chi connectivity index (χ1n) is 5.45. The lowest BCUT2D eigenvalue weighted by molar-refractivity contribution is -0.140. The summed E-state index contributed by atoms with van der Waals surface area (Å²) in [6, 6.07) is 2.61. The number of carbonyl (C=O) groups is 1. The van der Waals surface area contributed by atoms with E-state index in [1.165, 1.54) is 0 Å². The maximum atomic E-state index is 12.6. The van der Waals surface area contributed by atoms with Crippen molar-refractivity contribution in [3.8, 4) is 5.75 Å². The highest BCUT2D eigenvalue weighted by atomic mass is 19.4. The predicted molar refractivity (Wildman–Crippen MR) is 65.7 cm³/mol. The fraction of sp³-hybridized carbons (Fsp3) is 0.167. The molecule has 1 heterocycles. The Kier molecular flexibility index (Phi) is 3.50. The highest BCUT2D eigenvalue weighted by molar-refractivity contribution is 6.03. The van der Waals surface area contributed by atoms with Crippen LogP contribution >= 0.6 is 0 Å². The molecule has 0 aliphatic heterocycles. The molecule has 2 aromatic rings. The smallest absolute Gasteiger partial charge is 0.433 e. The fourth-order valence-corrected chi connectivity index (χ4v) is 1.85. The van der Waals surface area contributed by atoms with Crippen LogP contribution < -0.4 is 4.74 Å². The average molecular weight is 300 g/mol. The Morgan fingerprint density at radius 3 is 2.52 bits per heavy atom. The number of benzene rings is 1. The largest absolute Gasteiger partial charge is 0.494 e. The van der Waals surface area contributed by atoms with Crippen LogP contribution in [-0.2, 0) is 6.18 Å². The molecule has 0 aliphatic carbocycles. The Labute approximate surface area is 115 Å². The second kappa shape index (κ2) is 5.00. The lowest BCUT2D eigenvalue weighted by Gasteiger charge is -2.11. The van der Waals surface area contributed by atoms with Gasteiger partial charge in [0.15, 0.2) is 11.4 Å². The van der Waals surface area contributed by atoms with E-state index >= 15 is 0 Å². The van der Waals surface area contributed by atoms with E-state index in [2.05, 4.69) is 10.2 Å². The zero-order valence-corrected chi connectivity index (χ0v) is 10.4. The first kappa shape index (κ1) is 14.7. The van der Waals surface area contributed by atoms with E-state index in [9.17, 15) is 22.9 Å². The maximum Gasteiger partial charge on any atom is 0.433 e. The molecular weight excluding hydrogens is 293 g/mol. The van der Waals surface area contributed by atoms with Crippen molar-refractivity contribution in [2.45, 2.75) is 6.18 Å². The SMILES string of the molecule is COc1c(N=O)c(C(=O)O)cc2nc(C(F)(F)F)ccc12. The summed E-state index contributed by atoms with van der Waals surface area (Å²) >= 11 is 0. The van der Waals surface area contributed by atoms with Crippen molar-refractivity contribution in [3.05, 3.63) is 34.4 Å². The number of nitroso groups, excluding NO2 is 1. The van der Waals surface area contributed by atoms with Crippen molar-refractivity contribution in [3.63, 3.8) is 0 Å². The van der Waals surface area contributed by atoms with Crippen molar-refractivity contribution < 1.29 is 27.8 Å². The van der Waals surface area contributed by atoms with Crippen molar-refractivity contribution in [1.82, 2.24) is 4.98 Å². The Morgan fingerprint density at radius 1 is 1.38 bits per heavy atom. The molecule has 0 bridgehead atoms. The molecule has 0 fully saturated rings. The van der Waals surface area contributed by atoms with Gasteiger partial charge >= 0.3 is 12.1 Å². The van der Waals surface area contributed by atoms with Gasteiger partial charge in [-0.1, -0.05) is 0 Å². The normalized spacial score (nSPS) is 11.4. The number of aromatic nitrogens is 1. The molecule has 9 heteroatoms. The molecule has 0 aliphatic rings. The molecule has 0 unspecified atom stereocenters. The number of aromatic carboxylic acids is 1. The highest BCUT2D eigenvalue weighted by Crippen LogP contribution is 2.39. The van der Waals surface area contributed by atoms with Crippen LogP contribution in [0.15, 0.2) is 23.4 Å². The molecule has 0 saturated heterocycles. The van der Waals surface area contributed by atoms with Crippen LogP contribution in [0.2, 0.25) is 0 Å². The number of hydrogen-bond donors (Lipinski definition) is 1. The first-order valence-corrected chi connectivity index (χ1v) is 5.45. The molecule has 0 atom stereocenters. The molecule has 0 amide bonds. The molecule has 6 nitrogen and oxygen atoms in total. The van der Waals surface area contributed by atoms with Gasteiger partial charge in [0.05, 0.1) is 18.2 Å². The molecule has 0 spiro atoms. The Balaban J connectivity index is 2.87. The minimum Gasteiger partial charge on any atom is -0.494 e. The van der Waals surface area contributed by atoms with Gasteiger partial charge in [-0.05, 0) is 23.4 Å². The number of ether oxygens (including phenoxy) is 1. The molecule has 110 valence electrons. The Morgan fingerprint density at radius 2 is 2.05 bits per heavy atom. The molecule has 0 radical (unpaired) electrons. The van der Waals surface area contributed by atoms with E-state index in [4.69, 9.17) is 9.84 Å². The van der Waals surface area contributed by atoms with E-state index in [0.717, 1.165) is 19.2 Å². The number of carboxylic acids is 1. The maximum absolute atomic E-state index is 12.6. The number of methoxy groups -OCH3 is 1. The van der Waals surface area contributed by atoms with Crippen LogP contribution in [0.1, 0.15) is 16.1 Å². The molecule has 1 N–H and O–H groups in total. The molecule has 21 heavy (non-hydrogen) atoms. The van der Waals surface area contributed by atoms with E-state index in [-0.39, 0.29) is 16.7 Å². The number of carboxylic acid groups (broad SMARTS) is 1. The third-order valence-corrected chi connectivity index (χ3v) is 2.74. The number of halogens is 3. The summed E-state index contributed by atoms with van der Waals surface area (Å²) in [5, 5.41) is 11.6. The second-order valence-electron chi connectivity index (χ2n) is 3.96. The number of alkyl halides is 3. The van der Waals surface area contributed by atoms with Gasteiger partial charge in [0, 0.05) is 5.39 Å². The van der Waals surface area contributed by atoms with E-state index < -0.39 is 29.1 Å². The van der Waals surface area contributed by atoms with Gasteiger partial charge in [-0.15, -0.1) is 4.91 Å². The fourth-order valence-electron chi connectivity index (χ4n) is 1.85. The van der Waals surface area contributed by atoms with Crippen LogP contribution in [0.5, 0.6) is 5.75 Å². The first-order chi connectivity index (χ1) is 9.79. The quantitative estimate of drug-likeness (QED) is 0.878. The highest BCUT2D eigenvalue weighted by Gasteiger charge is 2.33. The van der Waals surface area contributed by atoms with Crippen molar-refractivity contribution >= 4 is 22.6 Å². The topological polar surface area (TPSA) is 88.8 Å². The Bertz CT molecular complexity index is 743. The molecule has 1 aromatic heterocycles. The number of hydrogen-bond acceptors (Lipinski definition) is 5. The van der Waals surface area contributed by atoms with Gasteiger partial charge < -0.3 is 9.84 Å². The zero-order valence-electron chi connectivity index (χ0n) is 10.4. The number of fused-ring (bicyclic) bond motifs is 1. The third-order valence-electron chi connectivity index (χ3n) is 2.74. The van der Waals surface area contributed by atoms with Gasteiger partial charge in [0.1, 0.15) is 5.69 Å². The van der Waals surface area contributed by atoms with Gasteiger partial charge in [-0.3, -0.25) is 0 Å². The molecule has 2 rings (SSSR count). The monoisotopic (exact) mass is 300 g/mol. The summed E-state index contributed by atoms with van der Waals surface area (Å²) < 4.78 is 42.8. The lowest BCUT2D eigenvalue weighted by Crippen LogP contribution is -2.08. The summed E-state index contributed by atoms with van der Waals surface area (Å²) in [5.74, 6) is -1.76. The van der Waals surface area contributed by atoms with Gasteiger partial charge in [0.2, 0.25) is 0 Å². The Hall–Kier alpha value is -2.71. The van der Waals surface area contributed by atoms with Crippen LogP contribution in [0, 0.1) is 4.91 Å². The summed E-state index contributed by atoms with van der Waals surface area (Å²) in [6.07, 6.45) is -4.67. The number of pyridine rings is 1. The van der Waals surface area contributed by atoms with Crippen molar-refractivity contribution in [2.75, 3.05) is 7.11 Å². The van der Waals surface area contributed by atoms with Gasteiger partial charge in [0.25, 0.3) is 0 Å². The molecule has 1 aromatic carbocycles. The second-order valence-corrected chi connectivity index (χ2v) is 3.96. The molecular formula is C12H7F3N2O4. The van der Waals surface area contributed by atoms with Gasteiger partial charge in [-0.2, -0.15) is 13.2 Å². The zero-order chi connectivity index (χ0) is 15.8. The summed E-state index contributed by atoms with van der Waals surface area (Å²) in [4.78, 5) is 25.2. The van der Waals surface area contributed by atoms with E-state index in [1.54, 1.807) is 0 Å². The van der Waals surface area contributed by atoms with Crippen LogP contribution in [-0.4, -0.2) is 23.2 Å². The number of rotatable bonds is 3. The van der Waals surface area contributed by atoms with Crippen molar-refractivity contribution in [2.24, 2.45) is 5.18 Å². The standard InChI is InChI=1S/C12H7F3N2O4/c1-21-10-5-2-3-8(12(13,14)15)16-7(5)4-6(11(18)19)9(10)17-20/h2-4H,1H3,(H,18,19). The third kappa shape index (κ3) is 2.49. The van der Waals surface area contributed by atoms with Crippen LogP contribution in [0.4, 0.5) is 18.9 Å². The summed E-state index contributed by atoms with van der Waals surface area (Å²) in [5.41, 5.74) is -2.52. The van der Waals surface area contributed by atoms with E-state index in [0.29, 0.717) is 6.07 Å². The van der Waals surface area contributed by atoms with E-state index in [1.807, 2.05) is 0 Å².